The van der Waals surface area contributed by atoms with Gasteiger partial charge in [0.15, 0.2) is 5.96 Å². The number of guanidine groups is 1. The van der Waals surface area contributed by atoms with Crippen LogP contribution in [0, 0.1) is 6.92 Å². The molecule has 0 amide bonds. The number of aryl methyl sites for hydroxylation is 1. The van der Waals surface area contributed by atoms with E-state index < -0.39 is 0 Å². The summed E-state index contributed by atoms with van der Waals surface area (Å²) in [6.07, 6.45) is 3.82. The average Bonchev–Trinajstić information content (AvgIpc) is 3.05. The molecule has 0 unspecified atom stereocenters. The van der Waals surface area contributed by atoms with Crippen LogP contribution in [0.4, 0.5) is 5.69 Å². The molecule has 2 aromatic carbocycles. The molecule has 0 saturated carbocycles. The number of nitrogens with zero attached hydrogens (tertiary/aromatic N) is 3. The molecule has 0 atom stereocenters. The molecule has 0 spiro atoms. The Balaban J connectivity index is 1.64. The molecule has 0 aliphatic rings. The first-order valence-corrected chi connectivity index (χ1v) is 9.23. The molecular weight excluding hydrogens is 334 g/mol. The number of hydrogen-bond donors (Lipinski definition) is 2. The van der Waals surface area contributed by atoms with Crippen LogP contribution >= 0.6 is 0 Å². The fourth-order valence-corrected chi connectivity index (χ4v) is 2.93. The van der Waals surface area contributed by atoms with E-state index in [4.69, 9.17) is 5.73 Å². The van der Waals surface area contributed by atoms with Gasteiger partial charge in [-0.05, 0) is 41.7 Å². The molecule has 3 N–H and O–H groups in total. The maximum Gasteiger partial charge on any atom is 0.193 e. The van der Waals surface area contributed by atoms with E-state index in [1.54, 1.807) is 0 Å². The molecule has 3 aromatic rings. The maximum absolute atomic E-state index is 6.07. The summed E-state index contributed by atoms with van der Waals surface area (Å²) in [5, 5.41) is 3.18. The summed E-state index contributed by atoms with van der Waals surface area (Å²) in [7, 11) is 0. The number of hydrogen-bond acceptors (Lipinski definition) is 2. The lowest BCUT2D eigenvalue weighted by atomic mass is 10.0. The van der Waals surface area contributed by atoms with E-state index in [-0.39, 0.29) is 0 Å². The maximum atomic E-state index is 6.07. The predicted molar refractivity (Wildman–Crippen MR) is 112 cm³/mol. The Bertz CT molecular complexity index is 924. The van der Waals surface area contributed by atoms with Crippen LogP contribution in [0.2, 0.25) is 0 Å². The van der Waals surface area contributed by atoms with Gasteiger partial charge in [0.2, 0.25) is 0 Å². The number of nitrogens with two attached hydrogens (primary N) is 1. The Kier molecular flexibility index (Phi) is 5.91. The second-order valence-corrected chi connectivity index (χ2v) is 7.03. The van der Waals surface area contributed by atoms with Crippen molar-refractivity contribution in [2.45, 2.75) is 39.8 Å². The van der Waals surface area contributed by atoms with Crippen LogP contribution in [0.3, 0.4) is 0 Å². The van der Waals surface area contributed by atoms with Gasteiger partial charge in [0.05, 0.1) is 6.54 Å². The molecule has 27 heavy (non-hydrogen) atoms. The van der Waals surface area contributed by atoms with Crippen LogP contribution in [-0.2, 0) is 13.1 Å². The second kappa shape index (κ2) is 8.54. The standard InChI is InChI=1S/C22H27N5/c1-16(2)20-8-5-9-21(13-20)26-22(23)25-14-18-6-4-7-19(12-18)15-27-11-10-24-17(27)3/h4-13,16H,14-15H2,1-3H3,(H3,23,25,26). The van der Waals surface area contributed by atoms with Crippen LogP contribution in [0.1, 0.15) is 42.3 Å². The minimum Gasteiger partial charge on any atom is -0.370 e. The van der Waals surface area contributed by atoms with Crippen LogP contribution < -0.4 is 11.1 Å². The first kappa shape index (κ1) is 18.7. The van der Waals surface area contributed by atoms with E-state index in [1.165, 1.54) is 11.1 Å². The van der Waals surface area contributed by atoms with E-state index in [2.05, 4.69) is 70.1 Å². The first-order valence-electron chi connectivity index (χ1n) is 9.23. The van der Waals surface area contributed by atoms with Crippen LogP contribution in [-0.4, -0.2) is 15.5 Å². The number of benzene rings is 2. The van der Waals surface area contributed by atoms with Gasteiger partial charge in [-0.1, -0.05) is 50.2 Å². The van der Waals surface area contributed by atoms with E-state index in [1.807, 2.05) is 31.5 Å². The number of anilines is 1. The van der Waals surface area contributed by atoms with E-state index in [0.29, 0.717) is 18.4 Å². The highest BCUT2D eigenvalue weighted by Crippen LogP contribution is 2.18. The van der Waals surface area contributed by atoms with Crippen LogP contribution in [0.5, 0.6) is 0 Å². The fraction of sp³-hybridized carbons (Fsp3) is 0.273. The summed E-state index contributed by atoms with van der Waals surface area (Å²) in [5.41, 5.74) is 10.7. The normalized spacial score (nSPS) is 11.8. The zero-order valence-electron chi connectivity index (χ0n) is 16.2. The third kappa shape index (κ3) is 5.20. The van der Waals surface area contributed by atoms with Crippen molar-refractivity contribution in [1.29, 1.82) is 0 Å². The third-order valence-electron chi connectivity index (χ3n) is 4.53. The molecule has 0 aliphatic carbocycles. The molecule has 1 aromatic heterocycles. The smallest absolute Gasteiger partial charge is 0.193 e. The van der Waals surface area contributed by atoms with Crippen LogP contribution in [0.15, 0.2) is 65.9 Å². The summed E-state index contributed by atoms with van der Waals surface area (Å²) in [5.74, 6) is 1.91. The SMILES string of the molecule is Cc1nccn1Cc1cccc(CN=C(N)Nc2cccc(C(C)C)c2)c1. The van der Waals surface area contributed by atoms with Gasteiger partial charge in [-0.2, -0.15) is 0 Å². The molecular formula is C22H27N5. The zero-order valence-corrected chi connectivity index (χ0v) is 16.2. The number of aromatic nitrogens is 2. The van der Waals surface area contributed by atoms with Crippen molar-refractivity contribution < 1.29 is 0 Å². The largest absolute Gasteiger partial charge is 0.370 e. The van der Waals surface area contributed by atoms with Gasteiger partial charge in [0.1, 0.15) is 5.82 Å². The Morgan fingerprint density at radius 1 is 1.15 bits per heavy atom. The summed E-state index contributed by atoms with van der Waals surface area (Å²) in [6, 6.07) is 16.7. The van der Waals surface area contributed by atoms with Crippen molar-refractivity contribution in [2.75, 3.05) is 5.32 Å². The number of nitrogens with one attached hydrogen (secondary N) is 1. The van der Waals surface area contributed by atoms with Crippen molar-refractivity contribution in [3.63, 3.8) is 0 Å². The van der Waals surface area contributed by atoms with Gasteiger partial charge in [0, 0.05) is 24.6 Å². The topological polar surface area (TPSA) is 68.2 Å². The van der Waals surface area contributed by atoms with Crippen molar-refractivity contribution in [1.82, 2.24) is 9.55 Å². The third-order valence-corrected chi connectivity index (χ3v) is 4.53. The summed E-state index contributed by atoms with van der Waals surface area (Å²) in [4.78, 5) is 8.75. The van der Waals surface area contributed by atoms with E-state index >= 15 is 0 Å². The minimum atomic E-state index is 0.423. The lowest BCUT2D eigenvalue weighted by Gasteiger charge is -2.10. The van der Waals surface area contributed by atoms with Crippen molar-refractivity contribution in [2.24, 2.45) is 10.7 Å². The van der Waals surface area contributed by atoms with Gasteiger partial charge < -0.3 is 15.6 Å². The zero-order chi connectivity index (χ0) is 19.2. The van der Waals surface area contributed by atoms with Gasteiger partial charge >= 0.3 is 0 Å². The van der Waals surface area contributed by atoms with Gasteiger partial charge in [-0.25, -0.2) is 9.98 Å². The molecule has 0 aliphatic heterocycles. The second-order valence-electron chi connectivity index (χ2n) is 7.03. The van der Waals surface area contributed by atoms with Crippen molar-refractivity contribution in [3.05, 3.63) is 83.4 Å². The highest BCUT2D eigenvalue weighted by molar-refractivity contribution is 5.92. The summed E-state index contributed by atoms with van der Waals surface area (Å²) < 4.78 is 2.13. The number of aliphatic imine (C=N–C) groups is 1. The molecule has 5 heteroatoms. The molecule has 0 saturated heterocycles. The first-order chi connectivity index (χ1) is 13.0. The number of rotatable bonds is 6. The Hall–Kier alpha value is -3.08. The summed E-state index contributed by atoms with van der Waals surface area (Å²) in [6.45, 7) is 7.71. The Labute approximate surface area is 161 Å². The fourth-order valence-electron chi connectivity index (χ4n) is 2.93. The molecule has 5 nitrogen and oxygen atoms in total. The van der Waals surface area contributed by atoms with E-state index in [9.17, 15) is 0 Å². The van der Waals surface area contributed by atoms with Gasteiger partial charge in [0.25, 0.3) is 0 Å². The number of imidazole rings is 1. The predicted octanol–water partition coefficient (Wildman–Crippen LogP) is 4.29. The molecule has 140 valence electrons. The van der Waals surface area contributed by atoms with Crippen molar-refractivity contribution >= 4 is 11.6 Å². The average molecular weight is 361 g/mol. The molecule has 0 fully saturated rings. The van der Waals surface area contributed by atoms with E-state index in [0.717, 1.165) is 23.6 Å². The highest BCUT2D eigenvalue weighted by atomic mass is 15.1. The van der Waals surface area contributed by atoms with Gasteiger partial charge in [-0.15, -0.1) is 0 Å². The highest BCUT2D eigenvalue weighted by Gasteiger charge is 2.03. The van der Waals surface area contributed by atoms with Crippen molar-refractivity contribution in [3.8, 4) is 0 Å². The molecule has 3 rings (SSSR count). The minimum absolute atomic E-state index is 0.423. The Morgan fingerprint density at radius 3 is 2.67 bits per heavy atom. The molecule has 0 bridgehead atoms. The quantitative estimate of drug-likeness (QED) is 0.508. The van der Waals surface area contributed by atoms with Gasteiger partial charge in [-0.3, -0.25) is 0 Å². The lowest BCUT2D eigenvalue weighted by molar-refractivity contribution is 0.760. The molecule has 1 heterocycles. The monoisotopic (exact) mass is 361 g/mol. The Morgan fingerprint density at radius 2 is 1.93 bits per heavy atom. The lowest BCUT2D eigenvalue weighted by Crippen LogP contribution is -2.22. The molecule has 0 radical (unpaired) electrons. The summed E-state index contributed by atoms with van der Waals surface area (Å²) >= 11 is 0. The van der Waals surface area contributed by atoms with Crippen LogP contribution in [0.25, 0.3) is 0 Å².